The van der Waals surface area contributed by atoms with E-state index in [1.165, 1.54) is 4.90 Å². The number of carbonyl (C=O) groups excluding carboxylic acids is 3. The monoisotopic (exact) mass is 382 g/mol. The van der Waals surface area contributed by atoms with Gasteiger partial charge in [-0.25, -0.2) is 4.39 Å². The molecule has 2 aliphatic rings. The molecule has 0 aliphatic carbocycles. The third-order valence-electron chi connectivity index (χ3n) is 5.14. The van der Waals surface area contributed by atoms with Crippen molar-refractivity contribution in [3.8, 4) is 0 Å². The predicted molar refractivity (Wildman–Crippen MR) is 101 cm³/mol. The van der Waals surface area contributed by atoms with Gasteiger partial charge in [0, 0.05) is 41.9 Å². The first kappa shape index (κ1) is 16.9. The van der Waals surface area contributed by atoms with Gasteiger partial charge in [0.2, 0.25) is 11.8 Å². The molecule has 2 N–H and O–H groups in total. The van der Waals surface area contributed by atoms with E-state index in [4.69, 9.17) is 1.37 Å². The molecule has 2 aliphatic heterocycles. The molecule has 0 spiro atoms. The minimum absolute atomic E-state index is 0.00705. The fourth-order valence-corrected chi connectivity index (χ4v) is 3.62. The van der Waals surface area contributed by atoms with Crippen LogP contribution in [-0.2, 0) is 22.7 Å². The van der Waals surface area contributed by atoms with E-state index in [-0.39, 0.29) is 31.7 Å². The summed E-state index contributed by atoms with van der Waals surface area (Å²) in [5, 5.41) is 5.32. The van der Waals surface area contributed by atoms with Crippen LogP contribution in [0.5, 0.6) is 0 Å². The Morgan fingerprint density at radius 1 is 1.25 bits per heavy atom. The highest BCUT2D eigenvalue weighted by atomic mass is 19.1. The van der Waals surface area contributed by atoms with Crippen molar-refractivity contribution in [2.45, 2.75) is 38.9 Å². The molecule has 7 heteroatoms. The van der Waals surface area contributed by atoms with Crippen LogP contribution in [0.15, 0.2) is 36.4 Å². The Kier molecular flexibility index (Phi) is 4.27. The molecule has 3 amide bonds. The van der Waals surface area contributed by atoms with Crippen LogP contribution >= 0.6 is 0 Å². The molecule has 1 unspecified atom stereocenters. The largest absolute Gasteiger partial charge is 0.381 e. The van der Waals surface area contributed by atoms with Gasteiger partial charge in [0.15, 0.2) is 0 Å². The van der Waals surface area contributed by atoms with Crippen molar-refractivity contribution in [1.82, 2.24) is 10.2 Å². The van der Waals surface area contributed by atoms with Gasteiger partial charge in [-0.1, -0.05) is 24.3 Å². The molecular formula is C21H20FN3O3. The molecule has 0 radical (unpaired) electrons. The molecule has 2 aromatic rings. The van der Waals surface area contributed by atoms with Gasteiger partial charge in [-0.05, 0) is 31.0 Å². The Morgan fingerprint density at radius 2 is 2.04 bits per heavy atom. The number of piperidine rings is 1. The van der Waals surface area contributed by atoms with Crippen LogP contribution < -0.4 is 10.6 Å². The van der Waals surface area contributed by atoms with E-state index in [2.05, 4.69) is 10.6 Å². The first-order valence-electron chi connectivity index (χ1n) is 9.57. The summed E-state index contributed by atoms with van der Waals surface area (Å²) in [4.78, 5) is 37.8. The van der Waals surface area contributed by atoms with Gasteiger partial charge < -0.3 is 10.2 Å². The van der Waals surface area contributed by atoms with Gasteiger partial charge in [0.1, 0.15) is 11.8 Å². The fraction of sp³-hybridized carbons (Fsp3) is 0.286. The van der Waals surface area contributed by atoms with E-state index < -0.39 is 23.7 Å². The molecular weight excluding hydrogens is 361 g/mol. The number of benzene rings is 2. The topological polar surface area (TPSA) is 78.5 Å². The average Bonchev–Trinajstić information content (AvgIpc) is 3.04. The lowest BCUT2D eigenvalue weighted by atomic mass is 10.0. The standard InChI is InChI=1S/C21H20FN3O3/c1-12-4-2-5-13(19(12)22)10-23-16-7-3-6-14-15(16)11-25(21(14)28)17-8-9-18(26)24-20(17)27/h2-7,17,23H,8-11H2,1H3,(H,24,26,27)/i17D. The molecule has 0 bridgehead atoms. The SMILES string of the molecule is [2H]C1(N2Cc3c(NCc4cccc(C)c4F)cccc3C2=O)CCC(=O)NC1=O. The Labute approximate surface area is 163 Å². The van der Waals surface area contributed by atoms with Gasteiger partial charge in [-0.15, -0.1) is 0 Å². The van der Waals surface area contributed by atoms with Crippen molar-refractivity contribution < 1.29 is 20.1 Å². The zero-order chi connectivity index (χ0) is 20.8. The van der Waals surface area contributed by atoms with Crippen LogP contribution in [-0.4, -0.2) is 28.6 Å². The second-order valence-corrected chi connectivity index (χ2v) is 6.95. The van der Waals surface area contributed by atoms with Crippen LogP contribution in [0.1, 0.15) is 41.3 Å². The Bertz CT molecular complexity index is 1040. The molecule has 1 fully saturated rings. The van der Waals surface area contributed by atoms with Crippen LogP contribution in [0.2, 0.25) is 0 Å². The van der Waals surface area contributed by atoms with Crippen molar-refractivity contribution in [3.63, 3.8) is 0 Å². The van der Waals surface area contributed by atoms with Crippen molar-refractivity contribution in [2.75, 3.05) is 5.32 Å². The van der Waals surface area contributed by atoms with E-state index in [0.717, 1.165) is 0 Å². The Hall–Kier alpha value is -3.22. The zero-order valence-corrected chi connectivity index (χ0v) is 15.3. The highest BCUT2D eigenvalue weighted by Gasteiger charge is 2.39. The summed E-state index contributed by atoms with van der Waals surface area (Å²) in [6.45, 7) is 2.00. The van der Waals surface area contributed by atoms with Gasteiger partial charge >= 0.3 is 0 Å². The summed E-state index contributed by atoms with van der Waals surface area (Å²) in [5.74, 6) is -1.93. The Balaban J connectivity index is 1.59. The number of hydrogen-bond acceptors (Lipinski definition) is 4. The van der Waals surface area contributed by atoms with Crippen LogP contribution in [0.25, 0.3) is 0 Å². The average molecular weight is 382 g/mol. The lowest BCUT2D eigenvalue weighted by Gasteiger charge is -2.29. The first-order valence-corrected chi connectivity index (χ1v) is 9.07. The summed E-state index contributed by atoms with van der Waals surface area (Å²) >= 11 is 0. The fourth-order valence-electron chi connectivity index (χ4n) is 3.62. The van der Waals surface area contributed by atoms with Gasteiger partial charge in [0.25, 0.3) is 5.91 Å². The van der Waals surface area contributed by atoms with E-state index in [9.17, 15) is 18.8 Å². The number of anilines is 1. The molecule has 2 aromatic carbocycles. The highest BCUT2D eigenvalue weighted by Crippen LogP contribution is 2.32. The second kappa shape index (κ2) is 7.07. The quantitative estimate of drug-likeness (QED) is 0.797. The van der Waals surface area contributed by atoms with E-state index in [1.807, 2.05) is 0 Å². The number of hydrogen-bond donors (Lipinski definition) is 2. The van der Waals surface area contributed by atoms with Crippen molar-refractivity contribution in [1.29, 1.82) is 0 Å². The normalized spacial score (nSPS) is 22.0. The zero-order valence-electron chi connectivity index (χ0n) is 16.3. The maximum Gasteiger partial charge on any atom is 0.255 e. The second-order valence-electron chi connectivity index (χ2n) is 6.95. The van der Waals surface area contributed by atoms with E-state index in [0.29, 0.717) is 27.9 Å². The van der Waals surface area contributed by atoms with Crippen LogP contribution in [0.3, 0.4) is 0 Å². The van der Waals surface area contributed by atoms with Crippen LogP contribution in [0.4, 0.5) is 10.1 Å². The first-order chi connectivity index (χ1) is 13.8. The summed E-state index contributed by atoms with van der Waals surface area (Å²) in [6.07, 6.45) is -0.0399. The summed E-state index contributed by atoms with van der Waals surface area (Å²) in [7, 11) is 0. The van der Waals surface area contributed by atoms with E-state index >= 15 is 0 Å². The smallest absolute Gasteiger partial charge is 0.255 e. The molecule has 1 saturated heterocycles. The highest BCUT2D eigenvalue weighted by molar-refractivity contribution is 6.06. The van der Waals surface area contributed by atoms with Crippen molar-refractivity contribution >= 4 is 23.4 Å². The molecule has 2 heterocycles. The van der Waals surface area contributed by atoms with Gasteiger partial charge in [-0.3, -0.25) is 19.7 Å². The number of carbonyl (C=O) groups is 3. The molecule has 144 valence electrons. The molecule has 1 atom stereocenters. The Morgan fingerprint density at radius 3 is 2.82 bits per heavy atom. The number of amides is 3. The summed E-state index contributed by atoms with van der Waals surface area (Å²) in [5.41, 5.74) is 2.76. The number of halogens is 1. The lowest BCUT2D eigenvalue weighted by Crippen LogP contribution is -2.52. The van der Waals surface area contributed by atoms with Crippen LogP contribution in [0, 0.1) is 12.7 Å². The number of rotatable bonds is 4. The molecule has 0 saturated carbocycles. The minimum atomic E-state index is -1.83. The number of nitrogens with zero attached hydrogens (tertiary/aromatic N) is 1. The molecule has 4 rings (SSSR count). The van der Waals surface area contributed by atoms with Gasteiger partial charge in [0.05, 0.1) is 1.37 Å². The third-order valence-corrected chi connectivity index (χ3v) is 5.14. The third kappa shape index (κ3) is 3.13. The van der Waals surface area contributed by atoms with Crippen molar-refractivity contribution in [2.24, 2.45) is 0 Å². The summed E-state index contributed by atoms with van der Waals surface area (Å²) < 4.78 is 22.8. The van der Waals surface area contributed by atoms with Crippen molar-refractivity contribution in [3.05, 3.63) is 64.5 Å². The predicted octanol–water partition coefficient (Wildman–Crippen LogP) is 2.51. The maximum absolute atomic E-state index is 14.3. The summed E-state index contributed by atoms with van der Waals surface area (Å²) in [6, 6.07) is 8.47. The maximum atomic E-state index is 14.3. The number of imide groups is 1. The number of nitrogens with one attached hydrogen (secondary N) is 2. The van der Waals surface area contributed by atoms with E-state index in [1.54, 1.807) is 43.3 Å². The molecule has 0 aromatic heterocycles. The molecule has 6 nitrogen and oxygen atoms in total. The number of aryl methyl sites for hydroxylation is 1. The lowest BCUT2D eigenvalue weighted by molar-refractivity contribution is -0.136. The number of fused-ring (bicyclic) bond motifs is 1. The van der Waals surface area contributed by atoms with Gasteiger partial charge in [-0.2, -0.15) is 0 Å². The minimum Gasteiger partial charge on any atom is -0.381 e. The molecule has 28 heavy (non-hydrogen) atoms.